The zero-order valence-corrected chi connectivity index (χ0v) is 14.5. The van der Waals surface area contributed by atoms with Crippen LogP contribution in [0, 0.1) is 0 Å². The molecule has 6 heteroatoms. The molecule has 2 amide bonds. The van der Waals surface area contributed by atoms with Crippen LogP contribution in [0.3, 0.4) is 0 Å². The third-order valence-electron chi connectivity index (χ3n) is 3.36. The van der Waals surface area contributed by atoms with E-state index >= 15 is 0 Å². The van der Waals surface area contributed by atoms with Crippen molar-refractivity contribution < 1.29 is 9.59 Å². The van der Waals surface area contributed by atoms with Gasteiger partial charge in [0.05, 0.1) is 12.0 Å². The van der Waals surface area contributed by atoms with Gasteiger partial charge in [-0.1, -0.05) is 12.1 Å². The lowest BCUT2D eigenvalue weighted by atomic mass is 10.2. The smallest absolute Gasteiger partial charge is 0.273 e. The number of carbonyl (C=O) groups excluding carboxylic acids is 2. The molecule has 0 atom stereocenters. The second-order valence-corrected chi connectivity index (χ2v) is 6.04. The molecule has 0 aromatic heterocycles. The Kier molecular flexibility index (Phi) is 6.75. The largest absolute Gasteiger partial charge is 0.398 e. The van der Waals surface area contributed by atoms with Crippen molar-refractivity contribution in [2.75, 3.05) is 5.73 Å². The minimum absolute atomic E-state index is 0.00951. The van der Waals surface area contributed by atoms with Crippen molar-refractivity contribution in [2.24, 2.45) is 5.10 Å². The average molecular weight is 318 g/mol. The Balaban J connectivity index is 2.69. The number of anilines is 1. The molecular weight excluding hydrogens is 292 g/mol. The number of nitrogens with one attached hydrogen (secondary N) is 1. The monoisotopic (exact) mass is 318 g/mol. The topological polar surface area (TPSA) is 87.8 Å². The molecule has 0 aliphatic rings. The average Bonchev–Trinajstić information content (AvgIpc) is 2.44. The fraction of sp³-hybridized carbons (Fsp3) is 0.471. The van der Waals surface area contributed by atoms with E-state index in [-0.39, 0.29) is 30.3 Å². The molecule has 3 N–H and O–H groups in total. The highest BCUT2D eigenvalue weighted by Crippen LogP contribution is 2.10. The Bertz CT molecular complexity index is 586. The van der Waals surface area contributed by atoms with Gasteiger partial charge in [-0.3, -0.25) is 9.59 Å². The molecule has 0 bridgehead atoms. The van der Waals surface area contributed by atoms with Gasteiger partial charge in [0.2, 0.25) is 5.91 Å². The molecule has 126 valence electrons. The second-order valence-electron chi connectivity index (χ2n) is 6.04. The van der Waals surface area contributed by atoms with Crippen LogP contribution in [0.25, 0.3) is 0 Å². The number of para-hydroxylation sites is 1. The fourth-order valence-electron chi connectivity index (χ4n) is 2.43. The van der Waals surface area contributed by atoms with Gasteiger partial charge < -0.3 is 10.6 Å². The van der Waals surface area contributed by atoms with Gasteiger partial charge in [-0.15, -0.1) is 0 Å². The van der Waals surface area contributed by atoms with Crippen molar-refractivity contribution in [1.82, 2.24) is 10.3 Å². The van der Waals surface area contributed by atoms with Crippen LogP contribution in [0.1, 0.15) is 51.4 Å². The number of nitrogens with two attached hydrogens (primary N) is 1. The van der Waals surface area contributed by atoms with Crippen LogP contribution in [-0.4, -0.2) is 34.5 Å². The number of carbonyl (C=O) groups is 2. The van der Waals surface area contributed by atoms with Crippen molar-refractivity contribution in [2.45, 2.75) is 53.1 Å². The summed E-state index contributed by atoms with van der Waals surface area (Å²) in [5, 5.41) is 4.00. The maximum absolute atomic E-state index is 12.3. The standard InChI is InChI=1S/C17H26N4O2/c1-11(2)21(12(3)4)16(22)10-13(5)19-20-17(23)14-8-6-7-9-15(14)18/h6-9,11-12H,10,18H2,1-5H3,(H,20,23)/b19-13+. The predicted octanol–water partition coefficient (Wildman–Crippen LogP) is 2.41. The molecule has 0 aliphatic carbocycles. The zero-order chi connectivity index (χ0) is 17.6. The van der Waals surface area contributed by atoms with Crippen molar-refractivity contribution in [3.05, 3.63) is 29.8 Å². The lowest BCUT2D eigenvalue weighted by Gasteiger charge is -2.30. The number of hydrogen-bond acceptors (Lipinski definition) is 4. The Morgan fingerprint density at radius 1 is 1.17 bits per heavy atom. The highest BCUT2D eigenvalue weighted by Gasteiger charge is 2.20. The Labute approximate surface area is 137 Å². The highest BCUT2D eigenvalue weighted by molar-refractivity contribution is 6.02. The molecule has 1 aromatic carbocycles. The summed E-state index contributed by atoms with van der Waals surface area (Å²) in [5.74, 6) is -0.399. The first-order valence-electron chi connectivity index (χ1n) is 7.73. The molecule has 0 saturated heterocycles. The van der Waals surface area contributed by atoms with Crippen LogP contribution in [0.2, 0.25) is 0 Å². The lowest BCUT2D eigenvalue weighted by molar-refractivity contribution is -0.133. The van der Waals surface area contributed by atoms with Crippen LogP contribution in [-0.2, 0) is 4.79 Å². The van der Waals surface area contributed by atoms with E-state index in [1.54, 1.807) is 36.1 Å². The maximum atomic E-state index is 12.3. The van der Waals surface area contributed by atoms with Crippen molar-refractivity contribution in [3.63, 3.8) is 0 Å². The Morgan fingerprint density at radius 2 is 1.74 bits per heavy atom. The summed E-state index contributed by atoms with van der Waals surface area (Å²) in [6.07, 6.45) is 0.168. The number of rotatable bonds is 6. The molecule has 0 heterocycles. The highest BCUT2D eigenvalue weighted by atomic mass is 16.2. The summed E-state index contributed by atoms with van der Waals surface area (Å²) in [6, 6.07) is 7.00. The predicted molar refractivity (Wildman–Crippen MR) is 93.2 cm³/mol. The second kappa shape index (κ2) is 8.31. The summed E-state index contributed by atoms with van der Waals surface area (Å²) in [6.45, 7) is 9.62. The quantitative estimate of drug-likeness (QED) is 0.479. The van der Waals surface area contributed by atoms with E-state index in [0.717, 1.165) is 0 Å². The van der Waals surface area contributed by atoms with E-state index < -0.39 is 0 Å². The number of hydrazone groups is 1. The first kappa shape index (κ1) is 18.7. The molecule has 23 heavy (non-hydrogen) atoms. The van der Waals surface area contributed by atoms with E-state index in [9.17, 15) is 9.59 Å². The molecule has 0 fully saturated rings. The number of nitrogens with zero attached hydrogens (tertiary/aromatic N) is 2. The van der Waals surface area contributed by atoms with E-state index in [1.165, 1.54) is 0 Å². The van der Waals surface area contributed by atoms with Gasteiger partial charge in [-0.05, 0) is 46.8 Å². The van der Waals surface area contributed by atoms with E-state index in [4.69, 9.17) is 5.73 Å². The Hall–Kier alpha value is -2.37. The van der Waals surface area contributed by atoms with Crippen LogP contribution < -0.4 is 11.2 Å². The van der Waals surface area contributed by atoms with Gasteiger partial charge in [0.1, 0.15) is 0 Å². The molecule has 1 aromatic rings. The van der Waals surface area contributed by atoms with Gasteiger partial charge in [-0.2, -0.15) is 5.10 Å². The number of benzene rings is 1. The fourth-order valence-corrected chi connectivity index (χ4v) is 2.43. The summed E-state index contributed by atoms with van der Waals surface area (Å²) in [4.78, 5) is 26.1. The van der Waals surface area contributed by atoms with Gasteiger partial charge in [0.15, 0.2) is 0 Å². The maximum Gasteiger partial charge on any atom is 0.273 e. The van der Waals surface area contributed by atoms with E-state index in [0.29, 0.717) is 17.0 Å². The molecule has 0 radical (unpaired) electrons. The summed E-state index contributed by atoms with van der Waals surface area (Å²) in [7, 11) is 0. The Morgan fingerprint density at radius 3 is 2.26 bits per heavy atom. The molecule has 0 unspecified atom stereocenters. The van der Waals surface area contributed by atoms with Crippen molar-refractivity contribution >= 4 is 23.2 Å². The SMILES string of the molecule is C/C(CC(=O)N(C(C)C)C(C)C)=N\NC(=O)c1ccccc1N. The molecule has 6 nitrogen and oxygen atoms in total. The van der Waals surface area contributed by atoms with E-state index in [1.807, 2.05) is 27.7 Å². The first-order valence-corrected chi connectivity index (χ1v) is 7.73. The normalized spacial score (nSPS) is 11.7. The molecule has 0 spiro atoms. The molecule has 0 saturated carbocycles. The number of nitrogen functional groups attached to an aromatic ring is 1. The third-order valence-corrected chi connectivity index (χ3v) is 3.36. The minimum Gasteiger partial charge on any atom is -0.398 e. The first-order chi connectivity index (χ1) is 10.7. The zero-order valence-electron chi connectivity index (χ0n) is 14.5. The van der Waals surface area contributed by atoms with Crippen LogP contribution in [0.15, 0.2) is 29.4 Å². The van der Waals surface area contributed by atoms with E-state index in [2.05, 4.69) is 10.5 Å². The van der Waals surface area contributed by atoms with Gasteiger partial charge in [0, 0.05) is 23.5 Å². The molecule has 0 aliphatic heterocycles. The molecular formula is C17H26N4O2. The third kappa shape index (κ3) is 5.39. The number of amides is 2. The van der Waals surface area contributed by atoms with Crippen LogP contribution in [0.4, 0.5) is 5.69 Å². The summed E-state index contributed by atoms with van der Waals surface area (Å²) in [5.41, 5.74) is 9.48. The van der Waals surface area contributed by atoms with Gasteiger partial charge in [0.25, 0.3) is 5.91 Å². The molecule has 1 rings (SSSR count). The van der Waals surface area contributed by atoms with Crippen LogP contribution in [0.5, 0.6) is 0 Å². The van der Waals surface area contributed by atoms with Crippen molar-refractivity contribution in [3.8, 4) is 0 Å². The lowest BCUT2D eigenvalue weighted by Crippen LogP contribution is -2.42. The van der Waals surface area contributed by atoms with Crippen LogP contribution >= 0.6 is 0 Å². The van der Waals surface area contributed by atoms with Crippen molar-refractivity contribution in [1.29, 1.82) is 0 Å². The van der Waals surface area contributed by atoms with Gasteiger partial charge >= 0.3 is 0 Å². The summed E-state index contributed by atoms with van der Waals surface area (Å²) < 4.78 is 0. The number of hydrogen-bond donors (Lipinski definition) is 2. The van der Waals surface area contributed by atoms with Gasteiger partial charge in [-0.25, -0.2) is 5.43 Å². The minimum atomic E-state index is -0.389. The summed E-state index contributed by atoms with van der Waals surface area (Å²) >= 11 is 0.